The zero-order valence-electron chi connectivity index (χ0n) is 9.00. The third-order valence-corrected chi connectivity index (χ3v) is 2.25. The molecule has 1 atom stereocenters. The van der Waals surface area contributed by atoms with Gasteiger partial charge in [-0.3, -0.25) is 9.89 Å². The van der Waals surface area contributed by atoms with E-state index in [0.29, 0.717) is 12.2 Å². The van der Waals surface area contributed by atoms with Crippen LogP contribution in [0.15, 0.2) is 12.7 Å². The first-order valence-electron chi connectivity index (χ1n) is 4.75. The number of aryl methyl sites for hydroxylation is 1. The third-order valence-electron chi connectivity index (χ3n) is 2.25. The molecule has 5 heteroatoms. The van der Waals surface area contributed by atoms with Crippen molar-refractivity contribution < 1.29 is 4.79 Å². The molecule has 0 radical (unpaired) electrons. The molecule has 0 aliphatic rings. The Morgan fingerprint density at radius 2 is 2.40 bits per heavy atom. The van der Waals surface area contributed by atoms with Crippen LogP contribution in [0.2, 0.25) is 0 Å². The lowest BCUT2D eigenvalue weighted by molar-refractivity contribution is -0.117. The van der Waals surface area contributed by atoms with Gasteiger partial charge in [0.25, 0.3) is 0 Å². The lowest BCUT2D eigenvalue weighted by atomic mass is 10.2. The number of nitrogens with one attached hydrogen (secondary N) is 2. The smallest absolute Gasteiger partial charge is 0.242 e. The largest absolute Gasteiger partial charge is 0.320 e. The van der Waals surface area contributed by atoms with Crippen molar-refractivity contribution in [3.05, 3.63) is 23.9 Å². The normalized spacial score (nSPS) is 12.2. The van der Waals surface area contributed by atoms with E-state index >= 15 is 0 Å². The van der Waals surface area contributed by atoms with Gasteiger partial charge in [0.15, 0.2) is 5.82 Å². The molecule has 0 saturated heterocycles. The van der Waals surface area contributed by atoms with Gasteiger partial charge < -0.3 is 11.1 Å². The van der Waals surface area contributed by atoms with Crippen LogP contribution in [0.5, 0.6) is 0 Å². The van der Waals surface area contributed by atoms with Gasteiger partial charge in [0.2, 0.25) is 5.91 Å². The molecule has 1 rings (SSSR count). The fourth-order valence-electron chi connectivity index (χ4n) is 1.10. The zero-order valence-corrected chi connectivity index (χ0v) is 9.00. The molecule has 4 N–H and O–H groups in total. The topological polar surface area (TPSA) is 83.8 Å². The standard InChI is InChI=1S/C10H16N4O/c1-4-5-8(11)10(15)12-9-6(2)7(3)13-14-9/h4,8H,1,5,11H2,2-3H3,(H2,12,13,14,15). The summed E-state index contributed by atoms with van der Waals surface area (Å²) in [7, 11) is 0. The van der Waals surface area contributed by atoms with Crippen LogP contribution in [0.25, 0.3) is 0 Å². The maximum Gasteiger partial charge on any atom is 0.242 e. The second-order valence-electron chi connectivity index (χ2n) is 3.44. The molecule has 0 aliphatic heterocycles. The first-order chi connectivity index (χ1) is 7.06. The summed E-state index contributed by atoms with van der Waals surface area (Å²) in [5.74, 6) is 0.293. The molecule has 0 fully saturated rings. The molecule has 0 bridgehead atoms. The Kier molecular flexibility index (Phi) is 3.62. The first kappa shape index (κ1) is 11.5. The SMILES string of the molecule is C=CCC(N)C(=O)Nc1n[nH]c(C)c1C. The van der Waals surface area contributed by atoms with E-state index in [9.17, 15) is 4.79 Å². The van der Waals surface area contributed by atoms with Gasteiger partial charge >= 0.3 is 0 Å². The summed E-state index contributed by atoms with van der Waals surface area (Å²) in [6.07, 6.45) is 2.07. The summed E-state index contributed by atoms with van der Waals surface area (Å²) in [6, 6.07) is -0.570. The fraction of sp³-hybridized carbons (Fsp3) is 0.400. The van der Waals surface area contributed by atoms with Gasteiger partial charge in [0, 0.05) is 11.3 Å². The molecule has 0 saturated carbocycles. The Hall–Kier alpha value is -1.62. The van der Waals surface area contributed by atoms with Crippen LogP contribution in [0.3, 0.4) is 0 Å². The first-order valence-corrected chi connectivity index (χ1v) is 4.75. The van der Waals surface area contributed by atoms with Gasteiger partial charge in [0.1, 0.15) is 0 Å². The minimum absolute atomic E-state index is 0.246. The predicted octanol–water partition coefficient (Wildman–Crippen LogP) is 0.868. The lowest BCUT2D eigenvalue weighted by Crippen LogP contribution is -2.35. The highest BCUT2D eigenvalue weighted by Crippen LogP contribution is 2.13. The number of anilines is 1. The summed E-state index contributed by atoms with van der Waals surface area (Å²) in [6.45, 7) is 7.30. The predicted molar refractivity (Wildman–Crippen MR) is 59.5 cm³/mol. The van der Waals surface area contributed by atoms with E-state index in [1.807, 2.05) is 13.8 Å². The minimum Gasteiger partial charge on any atom is -0.320 e. The van der Waals surface area contributed by atoms with Crippen molar-refractivity contribution in [3.63, 3.8) is 0 Å². The Morgan fingerprint density at radius 3 is 2.87 bits per heavy atom. The summed E-state index contributed by atoms with van der Waals surface area (Å²) in [5.41, 5.74) is 7.47. The molecule has 1 unspecified atom stereocenters. The number of nitrogens with two attached hydrogens (primary N) is 1. The van der Waals surface area contributed by atoms with Crippen LogP contribution in [0.1, 0.15) is 17.7 Å². The maximum absolute atomic E-state index is 11.5. The van der Waals surface area contributed by atoms with Crippen molar-refractivity contribution >= 4 is 11.7 Å². The quantitative estimate of drug-likeness (QED) is 0.642. The van der Waals surface area contributed by atoms with Crippen molar-refractivity contribution in [2.24, 2.45) is 5.73 Å². The highest BCUT2D eigenvalue weighted by molar-refractivity contribution is 5.94. The van der Waals surface area contributed by atoms with Crippen LogP contribution in [0.4, 0.5) is 5.82 Å². The Bertz CT molecular complexity index is 369. The van der Waals surface area contributed by atoms with E-state index in [1.165, 1.54) is 0 Å². The van der Waals surface area contributed by atoms with Crippen LogP contribution in [-0.4, -0.2) is 22.1 Å². The number of aromatic nitrogens is 2. The van der Waals surface area contributed by atoms with Gasteiger partial charge in [-0.15, -0.1) is 6.58 Å². The zero-order chi connectivity index (χ0) is 11.4. The maximum atomic E-state index is 11.5. The van der Waals surface area contributed by atoms with E-state index in [1.54, 1.807) is 6.08 Å². The van der Waals surface area contributed by atoms with Gasteiger partial charge in [-0.05, 0) is 20.3 Å². The average molecular weight is 208 g/mol. The Balaban J connectivity index is 2.66. The number of hydrogen-bond donors (Lipinski definition) is 3. The van der Waals surface area contributed by atoms with Crippen molar-refractivity contribution in [2.45, 2.75) is 26.3 Å². The van der Waals surface area contributed by atoms with Crippen molar-refractivity contribution in [1.82, 2.24) is 10.2 Å². The highest BCUT2D eigenvalue weighted by Gasteiger charge is 2.14. The summed E-state index contributed by atoms with van der Waals surface area (Å²) < 4.78 is 0. The van der Waals surface area contributed by atoms with Gasteiger partial charge in [-0.25, -0.2) is 0 Å². The Labute approximate surface area is 88.7 Å². The molecule has 1 aromatic heterocycles. The summed E-state index contributed by atoms with van der Waals surface area (Å²) in [5, 5.41) is 9.41. The van der Waals surface area contributed by atoms with Crippen LogP contribution >= 0.6 is 0 Å². The van der Waals surface area contributed by atoms with Gasteiger partial charge in [0.05, 0.1) is 6.04 Å². The molecule has 5 nitrogen and oxygen atoms in total. The van der Waals surface area contributed by atoms with Gasteiger partial charge in [-0.2, -0.15) is 5.10 Å². The Morgan fingerprint density at radius 1 is 1.73 bits per heavy atom. The fourth-order valence-corrected chi connectivity index (χ4v) is 1.10. The number of amides is 1. The molecule has 0 aromatic carbocycles. The number of carbonyl (C=O) groups is 1. The van der Waals surface area contributed by atoms with Gasteiger partial charge in [-0.1, -0.05) is 6.08 Å². The van der Waals surface area contributed by atoms with E-state index < -0.39 is 6.04 Å². The van der Waals surface area contributed by atoms with Crippen molar-refractivity contribution in [1.29, 1.82) is 0 Å². The number of rotatable bonds is 4. The second kappa shape index (κ2) is 4.75. The molecular formula is C10H16N4O. The summed E-state index contributed by atoms with van der Waals surface area (Å²) >= 11 is 0. The molecule has 1 amide bonds. The molecule has 15 heavy (non-hydrogen) atoms. The molecular weight excluding hydrogens is 192 g/mol. The van der Waals surface area contributed by atoms with Crippen LogP contribution in [-0.2, 0) is 4.79 Å². The summed E-state index contributed by atoms with van der Waals surface area (Å²) in [4.78, 5) is 11.5. The number of carbonyl (C=O) groups excluding carboxylic acids is 1. The molecule has 1 aromatic rings. The van der Waals surface area contributed by atoms with Crippen LogP contribution in [0, 0.1) is 13.8 Å². The van der Waals surface area contributed by atoms with Crippen LogP contribution < -0.4 is 11.1 Å². The third kappa shape index (κ3) is 2.66. The lowest BCUT2D eigenvalue weighted by Gasteiger charge is -2.08. The van der Waals surface area contributed by atoms with Crippen molar-refractivity contribution in [3.8, 4) is 0 Å². The number of nitrogens with zero attached hydrogens (tertiary/aromatic N) is 1. The molecule has 0 aliphatic carbocycles. The average Bonchev–Trinajstić information content (AvgIpc) is 2.50. The van der Waals surface area contributed by atoms with E-state index in [0.717, 1.165) is 11.3 Å². The number of H-pyrrole nitrogens is 1. The minimum atomic E-state index is -0.570. The second-order valence-corrected chi connectivity index (χ2v) is 3.44. The monoisotopic (exact) mass is 208 g/mol. The van der Waals surface area contributed by atoms with E-state index in [2.05, 4.69) is 22.1 Å². The highest BCUT2D eigenvalue weighted by atomic mass is 16.2. The van der Waals surface area contributed by atoms with Crippen molar-refractivity contribution in [2.75, 3.05) is 5.32 Å². The molecule has 1 heterocycles. The number of aromatic amines is 1. The molecule has 0 spiro atoms. The molecule has 82 valence electrons. The number of hydrogen-bond acceptors (Lipinski definition) is 3. The van der Waals surface area contributed by atoms with E-state index in [4.69, 9.17) is 5.73 Å². The van der Waals surface area contributed by atoms with E-state index in [-0.39, 0.29) is 5.91 Å².